The summed E-state index contributed by atoms with van der Waals surface area (Å²) in [4.78, 5) is 0. The predicted octanol–water partition coefficient (Wildman–Crippen LogP) is 3.93. The van der Waals surface area contributed by atoms with E-state index in [0.717, 1.165) is 18.2 Å². The molecule has 1 nitrogen and oxygen atoms in total. The van der Waals surface area contributed by atoms with Crippen molar-refractivity contribution in [3.05, 3.63) is 71.0 Å². The average Bonchev–Trinajstić information content (AvgIpc) is 2.38. The minimum absolute atomic E-state index is 0.0000694. The van der Waals surface area contributed by atoms with Crippen LogP contribution in [0.4, 0.5) is 17.6 Å². The van der Waals surface area contributed by atoms with Gasteiger partial charge < -0.3 is 5.11 Å². The van der Waals surface area contributed by atoms with Crippen LogP contribution in [0.1, 0.15) is 22.8 Å². The van der Waals surface area contributed by atoms with Crippen molar-refractivity contribution in [2.75, 3.05) is 0 Å². The monoisotopic (exact) mass is 270 g/mol. The summed E-state index contributed by atoms with van der Waals surface area (Å²) in [6.07, 6.45) is -5.92. The maximum absolute atomic E-state index is 13.5. The lowest BCUT2D eigenvalue weighted by molar-refractivity contribution is -0.137. The molecule has 2 aromatic carbocycles. The minimum atomic E-state index is -4.50. The molecule has 2 aromatic rings. The molecule has 1 unspecified atom stereocenters. The third-order valence-corrected chi connectivity index (χ3v) is 2.73. The first kappa shape index (κ1) is 13.5. The quantitative estimate of drug-likeness (QED) is 0.820. The SMILES string of the molecule is OC(c1cccc(C(F)(F)F)c1)c1ccccc1F. The van der Waals surface area contributed by atoms with Crippen LogP contribution in [0.15, 0.2) is 48.5 Å². The highest BCUT2D eigenvalue weighted by molar-refractivity contribution is 5.34. The molecule has 0 fully saturated rings. The van der Waals surface area contributed by atoms with Gasteiger partial charge in [0.1, 0.15) is 11.9 Å². The van der Waals surface area contributed by atoms with Crippen LogP contribution < -0.4 is 0 Å². The molecule has 100 valence electrons. The van der Waals surface area contributed by atoms with Gasteiger partial charge in [0.25, 0.3) is 0 Å². The predicted molar refractivity (Wildman–Crippen MR) is 61.9 cm³/mol. The van der Waals surface area contributed by atoms with Gasteiger partial charge in [0.15, 0.2) is 0 Å². The summed E-state index contributed by atoms with van der Waals surface area (Å²) in [6.45, 7) is 0. The van der Waals surface area contributed by atoms with Crippen LogP contribution in [0.5, 0.6) is 0 Å². The van der Waals surface area contributed by atoms with Crippen molar-refractivity contribution in [2.45, 2.75) is 12.3 Å². The Morgan fingerprint density at radius 2 is 1.63 bits per heavy atom. The van der Waals surface area contributed by atoms with E-state index in [2.05, 4.69) is 0 Å². The van der Waals surface area contributed by atoms with Gasteiger partial charge in [0, 0.05) is 5.56 Å². The second kappa shape index (κ2) is 5.01. The second-order valence-corrected chi connectivity index (χ2v) is 4.05. The Kier molecular flexibility index (Phi) is 3.57. The van der Waals surface area contributed by atoms with Gasteiger partial charge in [-0.3, -0.25) is 0 Å². The molecule has 0 saturated heterocycles. The van der Waals surface area contributed by atoms with Crippen LogP contribution in [-0.4, -0.2) is 5.11 Å². The molecule has 19 heavy (non-hydrogen) atoms. The number of rotatable bonds is 2. The number of alkyl halides is 3. The fourth-order valence-corrected chi connectivity index (χ4v) is 1.76. The Morgan fingerprint density at radius 3 is 2.26 bits per heavy atom. The molecule has 0 aliphatic heterocycles. The highest BCUT2D eigenvalue weighted by Gasteiger charge is 2.31. The molecule has 0 aliphatic carbocycles. The van der Waals surface area contributed by atoms with Crippen molar-refractivity contribution in [3.8, 4) is 0 Å². The van der Waals surface area contributed by atoms with Crippen molar-refractivity contribution in [1.29, 1.82) is 0 Å². The number of hydrogen-bond acceptors (Lipinski definition) is 1. The Labute approximate surface area is 107 Å². The van der Waals surface area contributed by atoms with Crippen molar-refractivity contribution >= 4 is 0 Å². The molecular formula is C14H10F4O. The van der Waals surface area contributed by atoms with Gasteiger partial charge in [-0.05, 0) is 23.8 Å². The van der Waals surface area contributed by atoms with E-state index in [1.165, 1.54) is 30.3 Å². The molecule has 0 aromatic heterocycles. The summed E-state index contributed by atoms with van der Waals surface area (Å²) in [5.74, 6) is -0.660. The van der Waals surface area contributed by atoms with E-state index < -0.39 is 23.7 Å². The molecule has 0 spiro atoms. The van der Waals surface area contributed by atoms with Gasteiger partial charge in [-0.25, -0.2) is 4.39 Å². The maximum Gasteiger partial charge on any atom is 0.416 e. The van der Waals surface area contributed by atoms with Gasteiger partial charge in [0.05, 0.1) is 5.56 Å². The van der Waals surface area contributed by atoms with Crippen LogP contribution in [0.2, 0.25) is 0 Å². The molecule has 0 amide bonds. The Hall–Kier alpha value is -1.88. The summed E-state index contributed by atoms with van der Waals surface area (Å²) in [5.41, 5.74) is -0.929. The van der Waals surface area contributed by atoms with Crippen LogP contribution in [0.25, 0.3) is 0 Å². The normalized spacial score (nSPS) is 13.3. The largest absolute Gasteiger partial charge is 0.416 e. The van der Waals surface area contributed by atoms with Crippen molar-refractivity contribution < 1.29 is 22.7 Å². The number of benzene rings is 2. The molecular weight excluding hydrogens is 260 g/mol. The van der Waals surface area contributed by atoms with E-state index in [-0.39, 0.29) is 11.1 Å². The zero-order chi connectivity index (χ0) is 14.0. The first-order valence-corrected chi connectivity index (χ1v) is 5.49. The van der Waals surface area contributed by atoms with Gasteiger partial charge in [0.2, 0.25) is 0 Å². The number of halogens is 4. The molecule has 0 heterocycles. The lowest BCUT2D eigenvalue weighted by atomic mass is 9.99. The van der Waals surface area contributed by atoms with Crippen LogP contribution >= 0.6 is 0 Å². The number of aliphatic hydroxyl groups excluding tert-OH is 1. The van der Waals surface area contributed by atoms with Gasteiger partial charge in [-0.1, -0.05) is 30.3 Å². The average molecular weight is 270 g/mol. The summed E-state index contributed by atoms with van der Waals surface area (Å²) in [7, 11) is 0. The molecule has 5 heteroatoms. The van der Waals surface area contributed by atoms with E-state index in [4.69, 9.17) is 0 Å². The summed E-state index contributed by atoms with van der Waals surface area (Å²) < 4.78 is 51.1. The molecule has 1 atom stereocenters. The molecule has 0 aliphatic rings. The molecule has 0 saturated carbocycles. The first-order valence-electron chi connectivity index (χ1n) is 5.49. The lowest BCUT2D eigenvalue weighted by Gasteiger charge is -2.14. The Morgan fingerprint density at radius 1 is 0.947 bits per heavy atom. The fourth-order valence-electron chi connectivity index (χ4n) is 1.76. The zero-order valence-electron chi connectivity index (χ0n) is 9.66. The third-order valence-electron chi connectivity index (χ3n) is 2.73. The van der Waals surface area contributed by atoms with Gasteiger partial charge in [-0.15, -0.1) is 0 Å². The van der Waals surface area contributed by atoms with Gasteiger partial charge >= 0.3 is 6.18 Å². The molecule has 0 radical (unpaired) electrons. The number of aliphatic hydroxyl groups is 1. The fraction of sp³-hybridized carbons (Fsp3) is 0.143. The van der Waals surface area contributed by atoms with Crippen molar-refractivity contribution in [2.24, 2.45) is 0 Å². The second-order valence-electron chi connectivity index (χ2n) is 4.05. The Bertz CT molecular complexity index is 578. The van der Waals surface area contributed by atoms with Crippen molar-refractivity contribution in [1.82, 2.24) is 0 Å². The van der Waals surface area contributed by atoms with Crippen LogP contribution in [0.3, 0.4) is 0 Å². The minimum Gasteiger partial charge on any atom is -0.384 e. The lowest BCUT2D eigenvalue weighted by Crippen LogP contribution is -2.08. The van der Waals surface area contributed by atoms with E-state index in [1.54, 1.807) is 0 Å². The van der Waals surface area contributed by atoms with Crippen molar-refractivity contribution in [3.63, 3.8) is 0 Å². The maximum atomic E-state index is 13.5. The molecule has 0 bridgehead atoms. The van der Waals surface area contributed by atoms with Gasteiger partial charge in [-0.2, -0.15) is 13.2 Å². The summed E-state index contributed by atoms with van der Waals surface area (Å²) in [5, 5.41) is 9.96. The van der Waals surface area contributed by atoms with Crippen LogP contribution in [0, 0.1) is 5.82 Å². The van der Waals surface area contributed by atoms with E-state index in [9.17, 15) is 22.7 Å². The third kappa shape index (κ3) is 2.93. The molecule has 1 N–H and O–H groups in total. The summed E-state index contributed by atoms with van der Waals surface area (Å²) in [6, 6.07) is 9.66. The van der Waals surface area contributed by atoms with E-state index >= 15 is 0 Å². The van der Waals surface area contributed by atoms with E-state index in [0.29, 0.717) is 0 Å². The topological polar surface area (TPSA) is 20.2 Å². The first-order chi connectivity index (χ1) is 8.89. The zero-order valence-corrected chi connectivity index (χ0v) is 9.66. The number of hydrogen-bond donors (Lipinski definition) is 1. The standard InChI is InChI=1S/C14H10F4O/c15-12-7-2-1-6-11(12)13(19)9-4-3-5-10(8-9)14(16,17)18/h1-8,13,19H. The van der Waals surface area contributed by atoms with Crippen LogP contribution in [-0.2, 0) is 6.18 Å². The smallest absolute Gasteiger partial charge is 0.384 e. The Balaban J connectivity index is 2.40. The van der Waals surface area contributed by atoms with E-state index in [1.807, 2.05) is 0 Å². The molecule has 2 rings (SSSR count). The summed E-state index contributed by atoms with van der Waals surface area (Å²) >= 11 is 0. The highest BCUT2D eigenvalue weighted by Crippen LogP contribution is 2.32. The highest BCUT2D eigenvalue weighted by atomic mass is 19.4.